The Bertz CT molecular complexity index is 702. The molecule has 2 heterocycles. The number of thiophene rings is 1. The molecule has 2 N–H and O–H groups in total. The van der Waals surface area contributed by atoms with Crippen molar-refractivity contribution in [2.45, 2.75) is 17.4 Å². The van der Waals surface area contributed by atoms with E-state index in [1.165, 1.54) is 5.38 Å². The summed E-state index contributed by atoms with van der Waals surface area (Å²) in [7, 11) is -7.05. The Kier molecular flexibility index (Phi) is 3.69. The summed E-state index contributed by atoms with van der Waals surface area (Å²) in [5, 5.41) is 9.95. The number of carboxylic acids is 1. The molecule has 0 bridgehead atoms. The van der Waals surface area contributed by atoms with Crippen LogP contribution in [-0.2, 0) is 19.9 Å². The molecule has 7 nitrogen and oxygen atoms in total. The van der Waals surface area contributed by atoms with Crippen molar-refractivity contribution in [3.63, 3.8) is 0 Å². The standard InChI is InChI=1S/C9H11NO6S3/c11-9(12)8-3-7(4-17-8)19(15,16)10-6-1-2-18(13,14)5-6/h3-4,6,10H,1-2,5H2,(H,11,12). The van der Waals surface area contributed by atoms with Crippen LogP contribution in [0.25, 0.3) is 0 Å². The van der Waals surface area contributed by atoms with Gasteiger partial charge in [-0.2, -0.15) is 0 Å². The topological polar surface area (TPSA) is 118 Å². The molecule has 1 aromatic heterocycles. The van der Waals surface area contributed by atoms with E-state index in [0.717, 1.165) is 17.4 Å². The van der Waals surface area contributed by atoms with E-state index < -0.39 is 31.9 Å². The van der Waals surface area contributed by atoms with Gasteiger partial charge in [-0.3, -0.25) is 0 Å². The number of rotatable bonds is 4. The van der Waals surface area contributed by atoms with E-state index in [4.69, 9.17) is 5.11 Å². The molecule has 1 aliphatic rings. The van der Waals surface area contributed by atoms with E-state index in [2.05, 4.69) is 4.72 Å². The molecular formula is C9H11NO6S3. The fourth-order valence-electron chi connectivity index (χ4n) is 1.75. The lowest BCUT2D eigenvalue weighted by atomic mass is 10.3. The third-order valence-corrected chi connectivity index (χ3v) is 6.99. The number of carboxylic acid groups (broad SMARTS) is 1. The second kappa shape index (κ2) is 4.85. The lowest BCUT2D eigenvalue weighted by Gasteiger charge is -2.09. The Morgan fingerprint density at radius 3 is 2.63 bits per heavy atom. The predicted molar refractivity (Wildman–Crippen MR) is 68.7 cm³/mol. The Hall–Kier alpha value is -0.970. The normalized spacial score (nSPS) is 22.4. The van der Waals surface area contributed by atoms with Crippen LogP contribution < -0.4 is 4.72 Å². The Balaban J connectivity index is 2.16. The van der Waals surface area contributed by atoms with Crippen molar-refractivity contribution in [2.75, 3.05) is 11.5 Å². The molecule has 0 radical (unpaired) electrons. The lowest BCUT2D eigenvalue weighted by molar-refractivity contribution is 0.0702. The first-order chi connectivity index (χ1) is 8.70. The van der Waals surface area contributed by atoms with E-state index in [-0.39, 0.29) is 27.7 Å². The smallest absolute Gasteiger partial charge is 0.345 e. The minimum atomic E-state index is -3.87. The highest BCUT2D eigenvalue weighted by atomic mass is 32.2. The Morgan fingerprint density at radius 1 is 1.47 bits per heavy atom. The number of sulfonamides is 1. The summed E-state index contributed by atoms with van der Waals surface area (Å²) in [5.74, 6) is -1.46. The first-order valence-electron chi connectivity index (χ1n) is 5.24. The molecule has 1 unspecified atom stereocenters. The summed E-state index contributed by atoms with van der Waals surface area (Å²) in [6, 6.07) is 0.405. The lowest BCUT2D eigenvalue weighted by Crippen LogP contribution is -2.35. The molecular weight excluding hydrogens is 314 g/mol. The first kappa shape index (κ1) is 14.4. The van der Waals surface area contributed by atoms with Gasteiger partial charge in [-0.05, 0) is 12.5 Å². The minimum absolute atomic E-state index is 0.0375. The summed E-state index contributed by atoms with van der Waals surface area (Å²) in [6.07, 6.45) is 0.234. The molecule has 0 spiro atoms. The van der Waals surface area contributed by atoms with E-state index in [0.29, 0.717) is 0 Å². The fourth-order valence-corrected chi connectivity index (χ4v) is 5.91. The van der Waals surface area contributed by atoms with E-state index >= 15 is 0 Å². The van der Waals surface area contributed by atoms with Gasteiger partial charge in [-0.1, -0.05) is 0 Å². The van der Waals surface area contributed by atoms with Crippen LogP contribution in [0.15, 0.2) is 16.3 Å². The number of aromatic carboxylic acids is 1. The molecule has 0 saturated carbocycles. The molecule has 2 rings (SSSR count). The van der Waals surface area contributed by atoms with Crippen molar-refractivity contribution < 1.29 is 26.7 Å². The number of hydrogen-bond acceptors (Lipinski definition) is 6. The third kappa shape index (κ3) is 3.32. The number of sulfone groups is 1. The summed E-state index contributed by atoms with van der Waals surface area (Å²) in [6.45, 7) is 0. The molecule has 19 heavy (non-hydrogen) atoms. The van der Waals surface area contributed by atoms with Gasteiger partial charge in [-0.15, -0.1) is 11.3 Å². The van der Waals surface area contributed by atoms with Crippen LogP contribution in [0.3, 0.4) is 0 Å². The number of carbonyl (C=O) groups is 1. The minimum Gasteiger partial charge on any atom is -0.477 e. The largest absolute Gasteiger partial charge is 0.477 e. The molecule has 0 amide bonds. The molecule has 0 aliphatic carbocycles. The van der Waals surface area contributed by atoms with Crippen LogP contribution in [-0.4, -0.2) is 45.5 Å². The number of hydrogen-bond donors (Lipinski definition) is 2. The van der Waals surface area contributed by atoms with Crippen molar-refractivity contribution in [1.82, 2.24) is 4.72 Å². The maximum absolute atomic E-state index is 11.9. The fraction of sp³-hybridized carbons (Fsp3) is 0.444. The quantitative estimate of drug-likeness (QED) is 0.799. The van der Waals surface area contributed by atoms with Crippen LogP contribution in [0, 0.1) is 0 Å². The maximum atomic E-state index is 11.9. The van der Waals surface area contributed by atoms with Crippen molar-refractivity contribution in [3.8, 4) is 0 Å². The van der Waals surface area contributed by atoms with Gasteiger partial charge in [0.1, 0.15) is 4.88 Å². The first-order valence-corrected chi connectivity index (χ1v) is 9.43. The van der Waals surface area contributed by atoms with Gasteiger partial charge in [0.05, 0.1) is 16.4 Å². The van der Waals surface area contributed by atoms with Crippen molar-refractivity contribution in [1.29, 1.82) is 0 Å². The molecule has 1 aromatic rings. The van der Waals surface area contributed by atoms with Crippen LogP contribution in [0.4, 0.5) is 0 Å². The van der Waals surface area contributed by atoms with Gasteiger partial charge in [0.25, 0.3) is 0 Å². The summed E-state index contributed by atoms with van der Waals surface area (Å²) < 4.78 is 48.7. The molecule has 1 fully saturated rings. The molecule has 1 saturated heterocycles. The number of nitrogens with one attached hydrogen (secondary N) is 1. The van der Waals surface area contributed by atoms with E-state index in [1.54, 1.807) is 0 Å². The SMILES string of the molecule is O=C(O)c1cc(S(=O)(=O)NC2CCS(=O)(=O)C2)cs1. The highest BCUT2D eigenvalue weighted by Gasteiger charge is 2.31. The monoisotopic (exact) mass is 325 g/mol. The van der Waals surface area contributed by atoms with Gasteiger partial charge in [0.2, 0.25) is 10.0 Å². The van der Waals surface area contributed by atoms with Gasteiger partial charge in [0, 0.05) is 11.4 Å². The Labute approximate surface area is 114 Å². The van der Waals surface area contributed by atoms with Gasteiger partial charge >= 0.3 is 5.97 Å². The van der Waals surface area contributed by atoms with Gasteiger partial charge < -0.3 is 5.11 Å². The van der Waals surface area contributed by atoms with Crippen molar-refractivity contribution >= 4 is 37.2 Å². The maximum Gasteiger partial charge on any atom is 0.345 e. The van der Waals surface area contributed by atoms with Gasteiger partial charge in [0.15, 0.2) is 9.84 Å². The molecule has 106 valence electrons. The molecule has 1 aliphatic heterocycles. The average molecular weight is 325 g/mol. The zero-order valence-electron chi connectivity index (χ0n) is 9.57. The summed E-state index contributed by atoms with van der Waals surface area (Å²) in [5.41, 5.74) is 0. The highest BCUT2D eigenvalue weighted by Crippen LogP contribution is 2.21. The predicted octanol–water partition coefficient (Wildman–Crippen LogP) is -0.0883. The summed E-state index contributed by atoms with van der Waals surface area (Å²) in [4.78, 5) is 10.4. The summed E-state index contributed by atoms with van der Waals surface area (Å²) >= 11 is 0.805. The van der Waals surface area contributed by atoms with E-state index in [9.17, 15) is 21.6 Å². The van der Waals surface area contributed by atoms with Crippen molar-refractivity contribution in [3.05, 3.63) is 16.3 Å². The van der Waals surface area contributed by atoms with Gasteiger partial charge in [-0.25, -0.2) is 26.4 Å². The van der Waals surface area contributed by atoms with Crippen LogP contribution in [0.1, 0.15) is 16.1 Å². The second-order valence-corrected chi connectivity index (χ2v) is 9.03. The molecule has 1 atom stereocenters. The van der Waals surface area contributed by atoms with Crippen LogP contribution in [0.2, 0.25) is 0 Å². The molecule has 10 heteroatoms. The second-order valence-electron chi connectivity index (χ2n) is 4.17. The third-order valence-electron chi connectivity index (χ3n) is 2.65. The van der Waals surface area contributed by atoms with Crippen LogP contribution >= 0.6 is 11.3 Å². The van der Waals surface area contributed by atoms with Crippen molar-refractivity contribution in [2.24, 2.45) is 0 Å². The highest BCUT2D eigenvalue weighted by molar-refractivity contribution is 7.92. The Morgan fingerprint density at radius 2 is 2.16 bits per heavy atom. The zero-order valence-corrected chi connectivity index (χ0v) is 12.0. The average Bonchev–Trinajstić information content (AvgIpc) is 2.84. The van der Waals surface area contributed by atoms with E-state index in [1.807, 2.05) is 0 Å². The van der Waals surface area contributed by atoms with Crippen LogP contribution in [0.5, 0.6) is 0 Å². The zero-order chi connectivity index (χ0) is 14.3. The molecule has 0 aromatic carbocycles.